The fraction of sp³-hybridized carbons (Fsp3) is 0.238. The number of aromatic nitrogens is 6. The predicted octanol–water partition coefficient (Wildman–Crippen LogP) is 4.39. The summed E-state index contributed by atoms with van der Waals surface area (Å²) < 4.78 is 17.8. The van der Waals surface area contributed by atoms with E-state index in [4.69, 9.17) is 5.73 Å². The van der Waals surface area contributed by atoms with Crippen LogP contribution in [-0.2, 0) is 13.5 Å². The molecule has 0 bridgehead atoms. The fourth-order valence-electron chi connectivity index (χ4n) is 3.58. The largest absolute Gasteiger partial charge is 0.382 e. The van der Waals surface area contributed by atoms with Crippen molar-refractivity contribution >= 4 is 21.7 Å². The van der Waals surface area contributed by atoms with Crippen molar-refractivity contribution in [1.29, 1.82) is 0 Å². The lowest BCUT2D eigenvalue weighted by Crippen LogP contribution is -2.07. The van der Waals surface area contributed by atoms with Gasteiger partial charge in [0.15, 0.2) is 11.6 Å². The Morgan fingerprint density at radius 1 is 1.13 bits per heavy atom. The molecule has 0 unspecified atom stereocenters. The van der Waals surface area contributed by atoms with Crippen LogP contribution < -0.4 is 5.73 Å². The third kappa shape index (κ3) is 3.28. The van der Waals surface area contributed by atoms with E-state index in [1.54, 1.807) is 27.7 Å². The van der Waals surface area contributed by atoms with Crippen molar-refractivity contribution in [2.24, 2.45) is 7.05 Å². The zero-order chi connectivity index (χ0) is 21.6. The van der Waals surface area contributed by atoms with E-state index in [0.29, 0.717) is 29.4 Å². The standard InChI is InChI=1S/C21H21BrFN7/c1-5-15-18(28-29(4)19(15)13-6-8-14(23)9-7-13)21-25-10-16(20(24)26-21)30-12(3)17(22)11(2)27-30/h6-10H,5H2,1-4H3,(H2,24,25,26). The first-order chi connectivity index (χ1) is 14.3. The summed E-state index contributed by atoms with van der Waals surface area (Å²) >= 11 is 3.53. The maximum Gasteiger partial charge on any atom is 0.182 e. The Labute approximate surface area is 181 Å². The Morgan fingerprint density at radius 3 is 2.40 bits per heavy atom. The van der Waals surface area contributed by atoms with Gasteiger partial charge in [-0.25, -0.2) is 19.0 Å². The van der Waals surface area contributed by atoms with E-state index in [1.165, 1.54) is 12.1 Å². The molecule has 4 aromatic rings. The third-order valence-electron chi connectivity index (χ3n) is 5.06. The summed E-state index contributed by atoms with van der Waals surface area (Å²) in [5, 5.41) is 9.14. The number of benzene rings is 1. The molecule has 3 aromatic heterocycles. The van der Waals surface area contributed by atoms with E-state index < -0.39 is 0 Å². The lowest BCUT2D eigenvalue weighted by Gasteiger charge is -2.09. The van der Waals surface area contributed by atoms with Crippen molar-refractivity contribution in [3.63, 3.8) is 0 Å². The van der Waals surface area contributed by atoms with Gasteiger partial charge in [-0.2, -0.15) is 10.2 Å². The number of nitrogens with zero attached hydrogens (tertiary/aromatic N) is 6. The van der Waals surface area contributed by atoms with E-state index in [1.807, 2.05) is 27.8 Å². The molecule has 0 fully saturated rings. The molecule has 0 aliphatic carbocycles. The third-order valence-corrected chi connectivity index (χ3v) is 6.21. The predicted molar refractivity (Wildman–Crippen MR) is 118 cm³/mol. The van der Waals surface area contributed by atoms with Gasteiger partial charge in [0.05, 0.1) is 27.8 Å². The quantitative estimate of drug-likeness (QED) is 0.478. The summed E-state index contributed by atoms with van der Waals surface area (Å²) in [5.74, 6) is 0.480. The number of anilines is 1. The van der Waals surface area contributed by atoms with Crippen LogP contribution in [0.1, 0.15) is 23.9 Å². The summed E-state index contributed by atoms with van der Waals surface area (Å²) in [6.45, 7) is 5.90. The van der Waals surface area contributed by atoms with Crippen molar-refractivity contribution in [2.75, 3.05) is 5.73 Å². The first kappa shape index (κ1) is 20.2. The van der Waals surface area contributed by atoms with Crippen molar-refractivity contribution < 1.29 is 4.39 Å². The number of rotatable bonds is 4. The molecule has 4 rings (SSSR count). The molecule has 1 aromatic carbocycles. The molecule has 2 N–H and O–H groups in total. The molecule has 0 saturated heterocycles. The van der Waals surface area contributed by atoms with Crippen LogP contribution in [0.5, 0.6) is 0 Å². The molecule has 0 aliphatic heterocycles. The summed E-state index contributed by atoms with van der Waals surface area (Å²) in [5.41, 5.74) is 12.1. The summed E-state index contributed by atoms with van der Waals surface area (Å²) in [6, 6.07) is 6.37. The Morgan fingerprint density at radius 2 is 1.83 bits per heavy atom. The molecule has 30 heavy (non-hydrogen) atoms. The maximum absolute atomic E-state index is 13.4. The fourth-order valence-corrected chi connectivity index (χ4v) is 3.82. The van der Waals surface area contributed by atoms with Gasteiger partial charge in [0.2, 0.25) is 0 Å². The van der Waals surface area contributed by atoms with Gasteiger partial charge in [-0.1, -0.05) is 6.92 Å². The number of aryl methyl sites for hydroxylation is 2. The van der Waals surface area contributed by atoms with Gasteiger partial charge in [0, 0.05) is 18.2 Å². The topological polar surface area (TPSA) is 87.4 Å². The van der Waals surface area contributed by atoms with Gasteiger partial charge in [-0.05, 0) is 60.5 Å². The number of nitrogens with two attached hydrogens (primary N) is 1. The first-order valence-electron chi connectivity index (χ1n) is 9.48. The highest BCUT2D eigenvalue weighted by Crippen LogP contribution is 2.32. The summed E-state index contributed by atoms with van der Waals surface area (Å²) in [6.07, 6.45) is 2.38. The number of nitrogen functional groups attached to an aromatic ring is 1. The lowest BCUT2D eigenvalue weighted by molar-refractivity contribution is 0.628. The van der Waals surface area contributed by atoms with Gasteiger partial charge < -0.3 is 5.73 Å². The molecule has 0 atom stereocenters. The molecule has 3 heterocycles. The molecular formula is C21H21BrFN7. The molecule has 0 radical (unpaired) electrons. The van der Waals surface area contributed by atoms with Crippen LogP contribution in [0.4, 0.5) is 10.2 Å². The van der Waals surface area contributed by atoms with Crippen LogP contribution in [0, 0.1) is 19.7 Å². The van der Waals surface area contributed by atoms with E-state index in [0.717, 1.165) is 32.7 Å². The van der Waals surface area contributed by atoms with Crippen LogP contribution in [0.2, 0.25) is 0 Å². The average Bonchev–Trinajstić information content (AvgIpc) is 3.19. The molecule has 0 saturated carbocycles. The van der Waals surface area contributed by atoms with Crippen molar-refractivity contribution in [1.82, 2.24) is 29.5 Å². The van der Waals surface area contributed by atoms with E-state index >= 15 is 0 Å². The first-order valence-corrected chi connectivity index (χ1v) is 10.3. The van der Waals surface area contributed by atoms with Gasteiger partial charge >= 0.3 is 0 Å². The highest BCUT2D eigenvalue weighted by Gasteiger charge is 2.21. The molecule has 154 valence electrons. The van der Waals surface area contributed by atoms with Gasteiger partial charge in [-0.15, -0.1) is 0 Å². The SMILES string of the molecule is CCc1c(-c2ncc(-n3nc(C)c(Br)c3C)c(N)n2)nn(C)c1-c1ccc(F)cc1. The summed E-state index contributed by atoms with van der Waals surface area (Å²) in [7, 11) is 1.85. The number of hydrogen-bond acceptors (Lipinski definition) is 5. The second kappa shape index (κ2) is 7.64. The Kier molecular flexibility index (Phi) is 5.15. The Bertz CT molecular complexity index is 1240. The van der Waals surface area contributed by atoms with Crippen molar-refractivity contribution in [3.8, 4) is 28.5 Å². The van der Waals surface area contributed by atoms with Gasteiger partial charge in [0.1, 0.15) is 17.2 Å². The molecule has 0 aliphatic rings. The van der Waals surface area contributed by atoms with Crippen LogP contribution >= 0.6 is 15.9 Å². The maximum atomic E-state index is 13.4. The average molecular weight is 470 g/mol. The molecule has 0 amide bonds. The molecular weight excluding hydrogens is 449 g/mol. The van der Waals surface area contributed by atoms with Crippen LogP contribution in [0.15, 0.2) is 34.9 Å². The minimum atomic E-state index is -0.276. The van der Waals surface area contributed by atoms with Crippen LogP contribution in [0.25, 0.3) is 28.5 Å². The minimum Gasteiger partial charge on any atom is -0.382 e. The zero-order valence-corrected chi connectivity index (χ0v) is 18.7. The van der Waals surface area contributed by atoms with Crippen LogP contribution in [-0.4, -0.2) is 29.5 Å². The second-order valence-electron chi connectivity index (χ2n) is 7.02. The van der Waals surface area contributed by atoms with E-state index in [2.05, 4.69) is 36.1 Å². The van der Waals surface area contributed by atoms with Gasteiger partial charge in [-0.3, -0.25) is 4.68 Å². The molecule has 9 heteroatoms. The smallest absolute Gasteiger partial charge is 0.182 e. The minimum absolute atomic E-state index is 0.276. The van der Waals surface area contributed by atoms with E-state index in [-0.39, 0.29) is 5.82 Å². The lowest BCUT2D eigenvalue weighted by atomic mass is 10.0. The molecule has 7 nitrogen and oxygen atoms in total. The van der Waals surface area contributed by atoms with Crippen molar-refractivity contribution in [2.45, 2.75) is 27.2 Å². The van der Waals surface area contributed by atoms with Crippen molar-refractivity contribution in [3.05, 3.63) is 57.7 Å². The number of halogens is 2. The Hall–Kier alpha value is -3.07. The molecule has 0 spiro atoms. The second-order valence-corrected chi connectivity index (χ2v) is 7.81. The monoisotopic (exact) mass is 469 g/mol. The van der Waals surface area contributed by atoms with E-state index in [9.17, 15) is 4.39 Å². The highest BCUT2D eigenvalue weighted by molar-refractivity contribution is 9.10. The Balaban J connectivity index is 1.81. The number of hydrogen-bond donors (Lipinski definition) is 1. The summed E-state index contributed by atoms with van der Waals surface area (Å²) in [4.78, 5) is 9.06. The zero-order valence-electron chi connectivity index (χ0n) is 17.1. The van der Waals surface area contributed by atoms with Gasteiger partial charge in [0.25, 0.3) is 0 Å². The highest BCUT2D eigenvalue weighted by atomic mass is 79.9. The normalized spacial score (nSPS) is 11.3. The van der Waals surface area contributed by atoms with Crippen LogP contribution in [0.3, 0.4) is 0 Å².